The maximum Gasteiger partial charge on any atom is 0.0913 e. The Labute approximate surface area is 153 Å². The zero-order chi connectivity index (χ0) is 17.4. The van der Waals surface area contributed by atoms with Crippen molar-refractivity contribution in [3.63, 3.8) is 0 Å². The molecule has 5 heteroatoms. The van der Waals surface area contributed by atoms with Gasteiger partial charge >= 0.3 is 0 Å². The number of pyridine rings is 3. The SMILES string of the molecule is c1cc(-c2cc(N3CCC4(CCNC4)CC3)c3ccncc3n2)ccn1. The average Bonchev–Trinajstić information content (AvgIpc) is 3.16. The topological polar surface area (TPSA) is 53.9 Å². The highest BCUT2D eigenvalue weighted by atomic mass is 15.1. The predicted octanol–water partition coefficient (Wildman–Crippen LogP) is 3.27. The highest BCUT2D eigenvalue weighted by Crippen LogP contribution is 2.40. The molecule has 0 aliphatic carbocycles. The van der Waals surface area contributed by atoms with Crippen LogP contribution in [-0.2, 0) is 0 Å². The highest BCUT2D eigenvalue weighted by Gasteiger charge is 2.37. The largest absolute Gasteiger partial charge is 0.371 e. The van der Waals surface area contributed by atoms with Crippen LogP contribution in [0.15, 0.2) is 49.1 Å². The fourth-order valence-corrected chi connectivity index (χ4v) is 4.44. The molecule has 2 fully saturated rings. The lowest BCUT2D eigenvalue weighted by atomic mass is 9.77. The van der Waals surface area contributed by atoms with Crippen LogP contribution in [0.4, 0.5) is 5.69 Å². The summed E-state index contributed by atoms with van der Waals surface area (Å²) in [6.45, 7) is 4.58. The van der Waals surface area contributed by atoms with Crippen LogP contribution in [0.25, 0.3) is 22.2 Å². The molecule has 5 rings (SSSR count). The fraction of sp³-hybridized carbons (Fsp3) is 0.381. The van der Waals surface area contributed by atoms with Crippen molar-refractivity contribution in [3.05, 3.63) is 49.1 Å². The molecule has 2 saturated heterocycles. The lowest BCUT2D eigenvalue weighted by molar-refractivity contribution is 0.247. The molecule has 5 nitrogen and oxygen atoms in total. The molecule has 2 aliphatic rings. The smallest absolute Gasteiger partial charge is 0.0913 e. The summed E-state index contributed by atoms with van der Waals surface area (Å²) >= 11 is 0. The molecule has 5 heterocycles. The normalized spacial score (nSPS) is 19.3. The minimum atomic E-state index is 0.523. The van der Waals surface area contributed by atoms with E-state index in [0.717, 1.165) is 29.9 Å². The molecule has 1 spiro atoms. The monoisotopic (exact) mass is 345 g/mol. The molecule has 0 atom stereocenters. The van der Waals surface area contributed by atoms with E-state index in [2.05, 4.69) is 32.3 Å². The molecule has 3 aromatic rings. The van der Waals surface area contributed by atoms with E-state index in [4.69, 9.17) is 4.98 Å². The van der Waals surface area contributed by atoms with Gasteiger partial charge in [0.25, 0.3) is 0 Å². The summed E-state index contributed by atoms with van der Waals surface area (Å²) in [7, 11) is 0. The van der Waals surface area contributed by atoms with Gasteiger partial charge < -0.3 is 10.2 Å². The van der Waals surface area contributed by atoms with Crippen LogP contribution in [0.3, 0.4) is 0 Å². The maximum absolute atomic E-state index is 4.84. The Morgan fingerprint density at radius 3 is 2.54 bits per heavy atom. The van der Waals surface area contributed by atoms with E-state index in [-0.39, 0.29) is 0 Å². The summed E-state index contributed by atoms with van der Waals surface area (Å²) in [6.07, 6.45) is 11.2. The van der Waals surface area contributed by atoms with Crippen molar-refractivity contribution in [1.82, 2.24) is 20.3 Å². The Balaban J connectivity index is 1.54. The number of aromatic nitrogens is 3. The number of nitrogens with one attached hydrogen (secondary N) is 1. The molecule has 0 radical (unpaired) electrons. The van der Waals surface area contributed by atoms with E-state index in [0.29, 0.717) is 5.41 Å². The van der Waals surface area contributed by atoms with Crippen molar-refractivity contribution in [1.29, 1.82) is 0 Å². The lowest BCUT2D eigenvalue weighted by Crippen LogP contribution is -2.41. The van der Waals surface area contributed by atoms with E-state index in [1.54, 1.807) is 0 Å². The maximum atomic E-state index is 4.84. The number of rotatable bonds is 2. The number of fused-ring (bicyclic) bond motifs is 1. The van der Waals surface area contributed by atoms with Gasteiger partial charge in [0.15, 0.2) is 0 Å². The Kier molecular flexibility index (Phi) is 3.82. The van der Waals surface area contributed by atoms with Gasteiger partial charge in [-0.15, -0.1) is 0 Å². The van der Waals surface area contributed by atoms with Gasteiger partial charge in [0.1, 0.15) is 0 Å². The standard InChI is InChI=1S/C21H23N5/c1-7-22-8-2-16(1)18-13-20(17-3-9-23-14-19(17)25-18)26-11-5-21(6-12-26)4-10-24-15-21/h1-3,7-9,13-14,24H,4-6,10-12,15H2. The van der Waals surface area contributed by atoms with Gasteiger partial charge in [-0.05, 0) is 55.5 Å². The van der Waals surface area contributed by atoms with E-state index < -0.39 is 0 Å². The van der Waals surface area contributed by atoms with Crippen molar-refractivity contribution in [3.8, 4) is 11.3 Å². The Morgan fingerprint density at radius 1 is 0.962 bits per heavy atom. The fourth-order valence-electron chi connectivity index (χ4n) is 4.44. The Morgan fingerprint density at radius 2 is 1.77 bits per heavy atom. The zero-order valence-electron chi connectivity index (χ0n) is 14.9. The molecule has 0 amide bonds. The highest BCUT2D eigenvalue weighted by molar-refractivity contribution is 5.93. The average molecular weight is 345 g/mol. The van der Waals surface area contributed by atoms with Gasteiger partial charge in [-0.25, -0.2) is 4.98 Å². The minimum Gasteiger partial charge on any atom is -0.371 e. The second kappa shape index (κ2) is 6.32. The van der Waals surface area contributed by atoms with Gasteiger partial charge in [-0.1, -0.05) is 0 Å². The molecular formula is C21H23N5. The van der Waals surface area contributed by atoms with Crippen LogP contribution in [0.5, 0.6) is 0 Å². The molecule has 0 unspecified atom stereocenters. The molecule has 132 valence electrons. The third kappa shape index (κ3) is 2.72. The number of hydrogen-bond acceptors (Lipinski definition) is 5. The van der Waals surface area contributed by atoms with Gasteiger partial charge in [0.05, 0.1) is 17.4 Å². The first-order valence-electron chi connectivity index (χ1n) is 9.44. The zero-order valence-corrected chi connectivity index (χ0v) is 14.9. The first-order chi connectivity index (χ1) is 12.8. The van der Waals surface area contributed by atoms with Crippen LogP contribution in [0, 0.1) is 5.41 Å². The first-order valence-corrected chi connectivity index (χ1v) is 9.44. The number of piperidine rings is 1. The molecular weight excluding hydrogens is 322 g/mol. The Hall–Kier alpha value is -2.53. The van der Waals surface area contributed by atoms with Gasteiger partial charge in [0.2, 0.25) is 0 Å². The molecule has 0 bridgehead atoms. The second-order valence-electron chi connectivity index (χ2n) is 7.57. The van der Waals surface area contributed by atoms with Crippen molar-refractivity contribution >= 4 is 16.6 Å². The van der Waals surface area contributed by atoms with Crippen LogP contribution in [0.1, 0.15) is 19.3 Å². The molecule has 26 heavy (non-hydrogen) atoms. The quantitative estimate of drug-likeness (QED) is 0.772. The first kappa shape index (κ1) is 15.7. The van der Waals surface area contributed by atoms with Crippen molar-refractivity contribution in [2.24, 2.45) is 5.41 Å². The third-order valence-corrected chi connectivity index (χ3v) is 6.06. The Bertz CT molecular complexity index is 908. The van der Waals surface area contributed by atoms with Crippen LogP contribution in [-0.4, -0.2) is 41.1 Å². The van der Waals surface area contributed by atoms with Crippen LogP contribution < -0.4 is 10.2 Å². The number of hydrogen-bond donors (Lipinski definition) is 1. The molecule has 0 aromatic carbocycles. The van der Waals surface area contributed by atoms with E-state index in [1.807, 2.05) is 36.9 Å². The van der Waals surface area contributed by atoms with Crippen LogP contribution in [0.2, 0.25) is 0 Å². The predicted molar refractivity (Wildman–Crippen MR) is 104 cm³/mol. The van der Waals surface area contributed by atoms with E-state index in [1.165, 1.54) is 43.4 Å². The van der Waals surface area contributed by atoms with Crippen molar-refractivity contribution < 1.29 is 0 Å². The molecule has 3 aromatic heterocycles. The second-order valence-corrected chi connectivity index (χ2v) is 7.57. The van der Waals surface area contributed by atoms with Crippen molar-refractivity contribution in [2.75, 3.05) is 31.1 Å². The summed E-state index contributed by atoms with van der Waals surface area (Å²) < 4.78 is 0. The lowest BCUT2D eigenvalue weighted by Gasteiger charge is -2.40. The van der Waals surface area contributed by atoms with Gasteiger partial charge in [-0.2, -0.15) is 0 Å². The summed E-state index contributed by atoms with van der Waals surface area (Å²) in [5.74, 6) is 0. The molecule has 0 saturated carbocycles. The summed E-state index contributed by atoms with van der Waals surface area (Å²) in [4.78, 5) is 15.8. The molecule has 1 N–H and O–H groups in total. The third-order valence-electron chi connectivity index (χ3n) is 6.06. The molecule has 2 aliphatic heterocycles. The summed E-state index contributed by atoms with van der Waals surface area (Å²) in [5, 5.41) is 4.75. The van der Waals surface area contributed by atoms with Gasteiger partial charge in [-0.3, -0.25) is 9.97 Å². The van der Waals surface area contributed by atoms with E-state index in [9.17, 15) is 0 Å². The minimum absolute atomic E-state index is 0.523. The van der Waals surface area contributed by atoms with Gasteiger partial charge in [0, 0.05) is 54.9 Å². The van der Waals surface area contributed by atoms with Crippen molar-refractivity contribution in [2.45, 2.75) is 19.3 Å². The summed E-state index contributed by atoms with van der Waals surface area (Å²) in [5.41, 5.74) is 4.85. The number of anilines is 1. The van der Waals surface area contributed by atoms with E-state index >= 15 is 0 Å². The summed E-state index contributed by atoms with van der Waals surface area (Å²) in [6, 6.07) is 8.37. The van der Waals surface area contributed by atoms with Crippen LogP contribution >= 0.6 is 0 Å². The number of nitrogens with zero attached hydrogens (tertiary/aromatic N) is 4.